The average molecular weight is 355 g/mol. The van der Waals surface area contributed by atoms with Gasteiger partial charge in [-0.2, -0.15) is 0 Å². The largest absolute Gasteiger partial charge is 0.329 e. The maximum absolute atomic E-state index is 12.1. The fourth-order valence-electron chi connectivity index (χ4n) is 2.82. The van der Waals surface area contributed by atoms with Gasteiger partial charge in [-0.3, -0.25) is 9.69 Å². The molecule has 0 aliphatic carbocycles. The van der Waals surface area contributed by atoms with Crippen molar-refractivity contribution in [2.75, 3.05) is 25.0 Å². The van der Waals surface area contributed by atoms with E-state index < -0.39 is 0 Å². The number of pyridine rings is 1. The van der Waals surface area contributed by atoms with E-state index in [2.05, 4.69) is 38.1 Å². The van der Waals surface area contributed by atoms with Crippen LogP contribution in [0.5, 0.6) is 0 Å². The van der Waals surface area contributed by atoms with Crippen LogP contribution in [0, 0.1) is 5.92 Å². The number of carbonyl (C=O) groups excluding carboxylic acids is 1. The Hall–Kier alpha value is -0.980. The van der Waals surface area contributed by atoms with E-state index in [0.29, 0.717) is 24.9 Å². The molecule has 1 aromatic heterocycles. The van der Waals surface area contributed by atoms with Crippen LogP contribution in [-0.2, 0) is 4.79 Å². The van der Waals surface area contributed by atoms with Crippen LogP contribution in [0.4, 0.5) is 5.82 Å². The lowest BCUT2D eigenvalue weighted by molar-refractivity contribution is -0.118. The van der Waals surface area contributed by atoms with Gasteiger partial charge in [0.15, 0.2) is 0 Å². The molecule has 1 aliphatic heterocycles. The zero-order chi connectivity index (χ0) is 15.2. The Morgan fingerprint density at radius 3 is 3.00 bits per heavy atom. The number of nitrogens with two attached hydrogens (primary N) is 1. The Kier molecular flexibility index (Phi) is 6.14. The van der Waals surface area contributed by atoms with Crippen LogP contribution in [-0.4, -0.2) is 41.5 Å². The van der Waals surface area contributed by atoms with E-state index in [1.807, 2.05) is 6.07 Å². The zero-order valence-electron chi connectivity index (χ0n) is 12.4. The minimum absolute atomic E-state index is 0.0294. The summed E-state index contributed by atoms with van der Waals surface area (Å²) < 4.78 is 0.894. The Morgan fingerprint density at radius 2 is 2.38 bits per heavy atom. The summed E-state index contributed by atoms with van der Waals surface area (Å²) in [6.45, 7) is 4.16. The van der Waals surface area contributed by atoms with Crippen LogP contribution in [0.2, 0.25) is 0 Å². The molecule has 0 radical (unpaired) electrons. The molecule has 0 saturated carbocycles. The van der Waals surface area contributed by atoms with Crippen LogP contribution < -0.4 is 11.1 Å². The number of nitrogens with zero attached hydrogens (tertiary/aromatic N) is 2. The standard InChI is InChI=1S/C15H23BrN4O/c1-2-11-5-6-20(13(7-11)8-17)10-15(21)19-14-4-3-12(16)9-18-14/h3-4,9,11,13H,2,5-8,10,17H2,1H3,(H,18,19,21). The number of halogens is 1. The summed E-state index contributed by atoms with van der Waals surface area (Å²) in [6.07, 6.45) is 5.11. The number of carbonyl (C=O) groups is 1. The number of nitrogens with one attached hydrogen (secondary N) is 1. The lowest BCUT2D eigenvalue weighted by Crippen LogP contribution is -2.49. The van der Waals surface area contributed by atoms with Crippen molar-refractivity contribution in [2.24, 2.45) is 11.7 Å². The van der Waals surface area contributed by atoms with Gasteiger partial charge >= 0.3 is 0 Å². The first-order chi connectivity index (χ1) is 10.1. The highest BCUT2D eigenvalue weighted by molar-refractivity contribution is 9.10. The molecule has 3 N–H and O–H groups in total. The highest BCUT2D eigenvalue weighted by atomic mass is 79.9. The molecule has 1 fully saturated rings. The molecule has 116 valence electrons. The second kappa shape index (κ2) is 7.87. The third-order valence-electron chi connectivity index (χ3n) is 4.14. The maximum atomic E-state index is 12.1. The van der Waals surface area contributed by atoms with E-state index in [1.165, 1.54) is 6.42 Å². The summed E-state index contributed by atoms with van der Waals surface area (Å²) in [5.74, 6) is 1.29. The molecule has 2 heterocycles. The second-order valence-corrected chi connectivity index (χ2v) is 6.48. The molecule has 0 aromatic carbocycles. The van der Waals surface area contributed by atoms with Gasteiger partial charge in [-0.1, -0.05) is 13.3 Å². The van der Waals surface area contributed by atoms with Gasteiger partial charge in [-0.15, -0.1) is 0 Å². The number of hydrogen-bond donors (Lipinski definition) is 2. The number of piperidine rings is 1. The van der Waals surface area contributed by atoms with Gasteiger partial charge < -0.3 is 11.1 Å². The third-order valence-corrected chi connectivity index (χ3v) is 4.61. The van der Waals surface area contributed by atoms with Crippen molar-refractivity contribution < 1.29 is 4.79 Å². The lowest BCUT2D eigenvalue weighted by Gasteiger charge is -2.38. The number of rotatable bonds is 5. The van der Waals surface area contributed by atoms with Gasteiger partial charge in [0.05, 0.1) is 6.54 Å². The smallest absolute Gasteiger partial charge is 0.239 e. The number of aromatic nitrogens is 1. The van der Waals surface area contributed by atoms with Crippen molar-refractivity contribution in [3.05, 3.63) is 22.8 Å². The SMILES string of the molecule is CCC1CCN(CC(=O)Nc2ccc(Br)cn2)C(CN)C1. The molecule has 2 rings (SSSR count). The Labute approximate surface area is 134 Å². The van der Waals surface area contributed by atoms with Crippen molar-refractivity contribution in [3.8, 4) is 0 Å². The van der Waals surface area contributed by atoms with Gasteiger partial charge in [0.25, 0.3) is 0 Å². The quantitative estimate of drug-likeness (QED) is 0.850. The molecule has 0 spiro atoms. The van der Waals surface area contributed by atoms with E-state index >= 15 is 0 Å². The lowest BCUT2D eigenvalue weighted by atomic mass is 9.89. The molecule has 1 saturated heterocycles. The molecule has 21 heavy (non-hydrogen) atoms. The number of anilines is 1. The molecule has 6 heteroatoms. The topological polar surface area (TPSA) is 71.2 Å². The molecular weight excluding hydrogens is 332 g/mol. The average Bonchev–Trinajstić information content (AvgIpc) is 2.50. The fourth-order valence-corrected chi connectivity index (χ4v) is 3.06. The second-order valence-electron chi connectivity index (χ2n) is 5.57. The van der Waals surface area contributed by atoms with Crippen LogP contribution in [0.1, 0.15) is 26.2 Å². The maximum Gasteiger partial charge on any atom is 0.239 e. The van der Waals surface area contributed by atoms with E-state index in [1.54, 1.807) is 12.3 Å². The van der Waals surface area contributed by atoms with Gasteiger partial charge in [0, 0.05) is 23.3 Å². The first-order valence-electron chi connectivity index (χ1n) is 7.48. The molecule has 2 unspecified atom stereocenters. The number of amides is 1. The predicted octanol–water partition coefficient (Wildman–Crippen LogP) is 2.23. The normalized spacial score (nSPS) is 23.0. The third kappa shape index (κ3) is 4.76. The minimum atomic E-state index is -0.0294. The summed E-state index contributed by atoms with van der Waals surface area (Å²) in [7, 11) is 0. The van der Waals surface area contributed by atoms with Crippen molar-refractivity contribution in [1.29, 1.82) is 0 Å². The van der Waals surface area contributed by atoms with Crippen molar-refractivity contribution in [1.82, 2.24) is 9.88 Å². The summed E-state index contributed by atoms with van der Waals surface area (Å²) in [6, 6.07) is 3.95. The summed E-state index contributed by atoms with van der Waals surface area (Å²) in [4.78, 5) is 18.5. The van der Waals surface area contributed by atoms with Crippen LogP contribution in [0.25, 0.3) is 0 Å². The Balaban J connectivity index is 1.88. The van der Waals surface area contributed by atoms with Crippen molar-refractivity contribution in [2.45, 2.75) is 32.2 Å². The molecule has 1 aliphatic rings. The summed E-state index contributed by atoms with van der Waals surface area (Å²) in [5, 5.41) is 2.83. The van der Waals surface area contributed by atoms with E-state index in [4.69, 9.17) is 5.73 Å². The number of likely N-dealkylation sites (tertiary alicyclic amines) is 1. The molecule has 5 nitrogen and oxygen atoms in total. The summed E-state index contributed by atoms with van der Waals surface area (Å²) in [5.41, 5.74) is 5.86. The zero-order valence-corrected chi connectivity index (χ0v) is 14.0. The number of hydrogen-bond acceptors (Lipinski definition) is 4. The van der Waals surface area contributed by atoms with Gasteiger partial charge in [0.2, 0.25) is 5.91 Å². The first kappa shape index (κ1) is 16.4. The van der Waals surface area contributed by atoms with E-state index in [0.717, 1.165) is 29.8 Å². The summed E-state index contributed by atoms with van der Waals surface area (Å²) >= 11 is 3.32. The van der Waals surface area contributed by atoms with Gasteiger partial charge in [0.1, 0.15) is 5.82 Å². The van der Waals surface area contributed by atoms with E-state index in [-0.39, 0.29) is 5.91 Å². The minimum Gasteiger partial charge on any atom is -0.329 e. The molecule has 0 bridgehead atoms. The Bertz CT molecular complexity index is 465. The predicted molar refractivity (Wildman–Crippen MR) is 88.0 cm³/mol. The van der Waals surface area contributed by atoms with Crippen LogP contribution in [0.15, 0.2) is 22.8 Å². The monoisotopic (exact) mass is 354 g/mol. The van der Waals surface area contributed by atoms with E-state index in [9.17, 15) is 4.79 Å². The van der Waals surface area contributed by atoms with Crippen LogP contribution >= 0.6 is 15.9 Å². The molecule has 2 atom stereocenters. The first-order valence-corrected chi connectivity index (χ1v) is 8.27. The highest BCUT2D eigenvalue weighted by Crippen LogP contribution is 2.24. The van der Waals surface area contributed by atoms with Crippen LogP contribution in [0.3, 0.4) is 0 Å². The van der Waals surface area contributed by atoms with Gasteiger partial charge in [-0.25, -0.2) is 4.98 Å². The molecule has 1 aromatic rings. The Morgan fingerprint density at radius 1 is 1.57 bits per heavy atom. The fraction of sp³-hybridized carbons (Fsp3) is 0.600. The van der Waals surface area contributed by atoms with Crippen molar-refractivity contribution in [3.63, 3.8) is 0 Å². The highest BCUT2D eigenvalue weighted by Gasteiger charge is 2.27. The molecule has 1 amide bonds. The van der Waals surface area contributed by atoms with Gasteiger partial charge in [-0.05, 0) is 53.4 Å². The van der Waals surface area contributed by atoms with Crippen molar-refractivity contribution >= 4 is 27.7 Å². The molecular formula is C15H23BrN4O.